The van der Waals surface area contributed by atoms with Gasteiger partial charge in [0.15, 0.2) is 11.6 Å². The van der Waals surface area contributed by atoms with Crippen molar-refractivity contribution in [1.29, 1.82) is 0 Å². The molecule has 2 N–H and O–H groups in total. The minimum absolute atomic E-state index is 0.00722. The smallest absolute Gasteiger partial charge is 0.245 e. The van der Waals surface area contributed by atoms with Crippen LogP contribution >= 0.6 is 11.6 Å². The standard InChI is InChI=1S/C12H16ClN7O/c1-7-17-12(21-18-7)8-5-20(4-3-19(8)2)11-9(13)10(14)15-6-16-11/h6,8H,3-5H2,1-2H3,(H2,14,15,16)/t8-/m1/s1. The topological polar surface area (TPSA) is 97.2 Å². The molecule has 2 aromatic heterocycles. The predicted molar refractivity (Wildman–Crippen MR) is 78.1 cm³/mol. The number of piperazine rings is 1. The monoisotopic (exact) mass is 309 g/mol. The zero-order valence-corrected chi connectivity index (χ0v) is 12.6. The second-order valence-electron chi connectivity index (χ2n) is 5.02. The lowest BCUT2D eigenvalue weighted by atomic mass is 10.1. The summed E-state index contributed by atoms with van der Waals surface area (Å²) in [7, 11) is 2.03. The lowest BCUT2D eigenvalue weighted by Crippen LogP contribution is -2.47. The third-order valence-corrected chi connectivity index (χ3v) is 3.94. The fraction of sp³-hybridized carbons (Fsp3) is 0.500. The number of likely N-dealkylation sites (N-methyl/N-ethyl adjacent to an activating group) is 1. The van der Waals surface area contributed by atoms with Gasteiger partial charge < -0.3 is 15.2 Å². The van der Waals surface area contributed by atoms with E-state index in [-0.39, 0.29) is 11.9 Å². The first-order valence-corrected chi connectivity index (χ1v) is 6.95. The number of aryl methyl sites for hydroxylation is 1. The van der Waals surface area contributed by atoms with Gasteiger partial charge in [0.05, 0.1) is 0 Å². The zero-order valence-electron chi connectivity index (χ0n) is 11.8. The summed E-state index contributed by atoms with van der Waals surface area (Å²) in [4.78, 5) is 16.7. The van der Waals surface area contributed by atoms with E-state index in [2.05, 4.69) is 29.9 Å². The summed E-state index contributed by atoms with van der Waals surface area (Å²) in [6.07, 6.45) is 1.42. The van der Waals surface area contributed by atoms with E-state index in [1.807, 2.05) is 7.05 Å². The Hall–Kier alpha value is -1.93. The van der Waals surface area contributed by atoms with Gasteiger partial charge in [-0.05, 0) is 14.0 Å². The first-order valence-electron chi connectivity index (χ1n) is 6.57. The average Bonchev–Trinajstić information content (AvgIpc) is 2.89. The molecule has 0 aromatic carbocycles. The van der Waals surface area contributed by atoms with Crippen molar-refractivity contribution >= 4 is 23.2 Å². The zero-order chi connectivity index (χ0) is 15.0. The van der Waals surface area contributed by atoms with Crippen LogP contribution in [0.15, 0.2) is 10.9 Å². The first kappa shape index (κ1) is 14.0. The molecule has 2 aromatic rings. The van der Waals surface area contributed by atoms with Crippen LogP contribution in [0.4, 0.5) is 11.6 Å². The van der Waals surface area contributed by atoms with Gasteiger partial charge in [0.25, 0.3) is 0 Å². The van der Waals surface area contributed by atoms with Crippen LogP contribution in [0.5, 0.6) is 0 Å². The Balaban J connectivity index is 1.87. The van der Waals surface area contributed by atoms with E-state index in [4.69, 9.17) is 21.9 Å². The van der Waals surface area contributed by atoms with Crippen LogP contribution in [0, 0.1) is 6.92 Å². The number of anilines is 2. The lowest BCUT2D eigenvalue weighted by Gasteiger charge is -2.38. The normalized spacial score (nSPS) is 20.0. The van der Waals surface area contributed by atoms with Gasteiger partial charge in [-0.1, -0.05) is 16.8 Å². The van der Waals surface area contributed by atoms with Crippen LogP contribution in [0.3, 0.4) is 0 Å². The molecule has 1 fully saturated rings. The second kappa shape index (κ2) is 5.45. The van der Waals surface area contributed by atoms with Crippen molar-refractivity contribution in [2.24, 2.45) is 0 Å². The van der Waals surface area contributed by atoms with E-state index in [0.29, 0.717) is 29.1 Å². The average molecular weight is 310 g/mol. The molecule has 1 saturated heterocycles. The van der Waals surface area contributed by atoms with Crippen molar-refractivity contribution in [2.45, 2.75) is 13.0 Å². The van der Waals surface area contributed by atoms with Crippen LogP contribution in [0.2, 0.25) is 5.02 Å². The van der Waals surface area contributed by atoms with Gasteiger partial charge in [-0.2, -0.15) is 4.98 Å². The van der Waals surface area contributed by atoms with Crippen LogP contribution in [0.1, 0.15) is 17.8 Å². The van der Waals surface area contributed by atoms with Gasteiger partial charge in [0.1, 0.15) is 23.2 Å². The summed E-state index contributed by atoms with van der Waals surface area (Å²) in [5.74, 6) is 2.14. The van der Waals surface area contributed by atoms with E-state index < -0.39 is 0 Å². The molecule has 0 amide bonds. The van der Waals surface area contributed by atoms with Crippen LogP contribution < -0.4 is 10.6 Å². The molecule has 3 heterocycles. The van der Waals surface area contributed by atoms with Crippen molar-refractivity contribution < 1.29 is 4.52 Å². The number of halogens is 1. The van der Waals surface area contributed by atoms with Gasteiger partial charge in [0.2, 0.25) is 5.89 Å². The second-order valence-corrected chi connectivity index (χ2v) is 5.40. The molecular formula is C12H16ClN7O. The van der Waals surface area contributed by atoms with Gasteiger partial charge in [-0.15, -0.1) is 0 Å². The Morgan fingerprint density at radius 3 is 2.90 bits per heavy atom. The van der Waals surface area contributed by atoms with Crippen LogP contribution in [-0.2, 0) is 0 Å². The van der Waals surface area contributed by atoms with Gasteiger partial charge >= 0.3 is 0 Å². The Kier molecular flexibility index (Phi) is 3.64. The minimum atomic E-state index is -0.00722. The molecular weight excluding hydrogens is 294 g/mol. The maximum atomic E-state index is 6.20. The van der Waals surface area contributed by atoms with E-state index >= 15 is 0 Å². The molecule has 0 saturated carbocycles. The maximum Gasteiger partial charge on any atom is 0.245 e. The van der Waals surface area contributed by atoms with Crippen LogP contribution in [-0.4, -0.2) is 51.7 Å². The third-order valence-electron chi connectivity index (χ3n) is 3.57. The summed E-state index contributed by atoms with van der Waals surface area (Å²) in [6.45, 7) is 4.06. The van der Waals surface area contributed by atoms with Gasteiger partial charge in [0, 0.05) is 19.6 Å². The van der Waals surface area contributed by atoms with E-state index in [1.54, 1.807) is 6.92 Å². The molecule has 0 radical (unpaired) electrons. The Bertz CT molecular complexity index is 646. The number of aromatic nitrogens is 4. The molecule has 0 aliphatic carbocycles. The number of nitrogens with zero attached hydrogens (tertiary/aromatic N) is 6. The molecule has 1 atom stereocenters. The molecule has 1 aliphatic heterocycles. The van der Waals surface area contributed by atoms with Crippen molar-refractivity contribution in [1.82, 2.24) is 25.0 Å². The van der Waals surface area contributed by atoms with Crippen molar-refractivity contribution in [3.63, 3.8) is 0 Å². The Morgan fingerprint density at radius 1 is 1.38 bits per heavy atom. The van der Waals surface area contributed by atoms with Gasteiger partial charge in [-0.25, -0.2) is 9.97 Å². The highest BCUT2D eigenvalue weighted by molar-refractivity contribution is 6.35. The summed E-state index contributed by atoms with van der Waals surface area (Å²) in [5.41, 5.74) is 5.74. The summed E-state index contributed by atoms with van der Waals surface area (Å²) in [5, 5.41) is 4.23. The maximum absolute atomic E-state index is 6.20. The van der Waals surface area contributed by atoms with E-state index in [1.165, 1.54) is 6.33 Å². The fourth-order valence-corrected chi connectivity index (χ4v) is 2.59. The Morgan fingerprint density at radius 2 is 2.19 bits per heavy atom. The molecule has 8 nitrogen and oxygen atoms in total. The molecule has 0 bridgehead atoms. The van der Waals surface area contributed by atoms with E-state index in [0.717, 1.165) is 13.1 Å². The number of hydrogen-bond donors (Lipinski definition) is 1. The molecule has 0 spiro atoms. The highest BCUT2D eigenvalue weighted by atomic mass is 35.5. The quantitative estimate of drug-likeness (QED) is 0.873. The number of hydrogen-bond acceptors (Lipinski definition) is 8. The third kappa shape index (κ3) is 2.64. The highest BCUT2D eigenvalue weighted by Gasteiger charge is 2.31. The summed E-state index contributed by atoms with van der Waals surface area (Å²) in [6, 6.07) is -0.00722. The minimum Gasteiger partial charge on any atom is -0.382 e. The van der Waals surface area contributed by atoms with Gasteiger partial charge in [-0.3, -0.25) is 4.90 Å². The molecule has 112 valence electrons. The SMILES string of the molecule is Cc1noc([C@H]2CN(c3ncnc(N)c3Cl)CCN2C)n1. The lowest BCUT2D eigenvalue weighted by molar-refractivity contribution is 0.177. The fourth-order valence-electron chi connectivity index (χ4n) is 2.38. The van der Waals surface area contributed by atoms with Crippen molar-refractivity contribution in [3.8, 4) is 0 Å². The predicted octanol–water partition coefficient (Wildman–Crippen LogP) is 0.897. The largest absolute Gasteiger partial charge is 0.382 e. The molecule has 9 heteroatoms. The van der Waals surface area contributed by atoms with Crippen molar-refractivity contribution in [2.75, 3.05) is 37.3 Å². The molecule has 3 rings (SSSR count). The number of nitrogens with two attached hydrogens (primary N) is 1. The van der Waals surface area contributed by atoms with Crippen molar-refractivity contribution in [3.05, 3.63) is 23.1 Å². The summed E-state index contributed by atoms with van der Waals surface area (Å²) >= 11 is 6.20. The van der Waals surface area contributed by atoms with E-state index in [9.17, 15) is 0 Å². The molecule has 1 aliphatic rings. The summed E-state index contributed by atoms with van der Waals surface area (Å²) < 4.78 is 5.29. The molecule has 21 heavy (non-hydrogen) atoms. The highest BCUT2D eigenvalue weighted by Crippen LogP contribution is 2.31. The molecule has 0 unspecified atom stereocenters. The number of rotatable bonds is 2. The van der Waals surface area contributed by atoms with Crippen LogP contribution in [0.25, 0.3) is 0 Å². The Labute approximate surface area is 126 Å². The first-order chi connectivity index (χ1) is 10.1. The number of nitrogen functional groups attached to an aromatic ring is 1.